The molecule has 0 spiro atoms. The number of carbonyl (C=O) groups excluding carboxylic acids is 2. The van der Waals surface area contributed by atoms with Gasteiger partial charge in [0.1, 0.15) is 11.7 Å². The van der Waals surface area contributed by atoms with Crippen molar-refractivity contribution in [1.82, 2.24) is 14.9 Å². The zero-order chi connectivity index (χ0) is 16.2. The van der Waals surface area contributed by atoms with Crippen LogP contribution in [-0.4, -0.2) is 34.1 Å². The summed E-state index contributed by atoms with van der Waals surface area (Å²) in [5.41, 5.74) is 1.04. The third-order valence-electron chi connectivity index (χ3n) is 4.40. The maximum absolute atomic E-state index is 12.4. The average Bonchev–Trinajstić information content (AvgIpc) is 2.86. The molecule has 6 nitrogen and oxygen atoms in total. The van der Waals surface area contributed by atoms with Crippen LogP contribution in [0.15, 0.2) is 42.6 Å². The molecule has 1 aliphatic rings. The quantitative estimate of drug-likeness (QED) is 0.671. The fraction of sp³-hybridized carbons (Fsp3) is 0.188. The van der Waals surface area contributed by atoms with E-state index in [1.807, 2.05) is 41.0 Å². The largest absolute Gasteiger partial charge is 0.424 e. The van der Waals surface area contributed by atoms with Gasteiger partial charge in [0.15, 0.2) is 0 Å². The molecule has 2 aromatic heterocycles. The van der Waals surface area contributed by atoms with Gasteiger partial charge in [-0.3, -0.25) is 14.9 Å². The lowest BCUT2D eigenvalue weighted by atomic mass is 10.2. The Bertz CT molecular complexity index is 910. The third-order valence-corrected chi connectivity index (χ3v) is 6.68. The first kappa shape index (κ1) is 14.1. The molecule has 0 aliphatic carbocycles. The molecule has 0 bridgehead atoms. The zero-order valence-corrected chi connectivity index (χ0v) is 13.5. The van der Waals surface area contributed by atoms with E-state index in [0.29, 0.717) is 5.65 Å². The lowest BCUT2D eigenvalue weighted by Crippen LogP contribution is -2.58. The van der Waals surface area contributed by atoms with E-state index in [2.05, 4.69) is 10.3 Å². The number of imide groups is 1. The molecular formula is C16H15N3O3Si. The number of hydrogen-bond donors (Lipinski definition) is 2. The van der Waals surface area contributed by atoms with Crippen LogP contribution in [-0.2, 0) is 4.79 Å². The van der Waals surface area contributed by atoms with E-state index < -0.39 is 19.9 Å². The minimum atomic E-state index is -3.15. The molecule has 1 fully saturated rings. The fourth-order valence-corrected chi connectivity index (χ4v) is 4.94. The highest BCUT2D eigenvalue weighted by molar-refractivity contribution is 7.00. The van der Waals surface area contributed by atoms with Crippen LogP contribution in [0.2, 0.25) is 12.6 Å². The maximum atomic E-state index is 12.4. The molecule has 4 rings (SSSR count). The van der Waals surface area contributed by atoms with Gasteiger partial charge in [-0.25, -0.2) is 4.98 Å². The summed E-state index contributed by atoms with van der Waals surface area (Å²) in [6.45, 7) is 1.56. The van der Waals surface area contributed by atoms with Crippen LogP contribution < -0.4 is 5.32 Å². The monoisotopic (exact) mass is 325 g/mol. The van der Waals surface area contributed by atoms with Crippen molar-refractivity contribution >= 4 is 41.7 Å². The van der Waals surface area contributed by atoms with Crippen LogP contribution in [0, 0.1) is 0 Å². The third kappa shape index (κ3) is 2.01. The highest BCUT2D eigenvalue weighted by Gasteiger charge is 2.46. The minimum Gasteiger partial charge on any atom is -0.424 e. The topological polar surface area (TPSA) is 84.2 Å². The molecule has 2 N–H and O–H groups in total. The maximum Gasteiger partial charge on any atom is 0.289 e. The van der Waals surface area contributed by atoms with Crippen molar-refractivity contribution in [2.45, 2.75) is 18.6 Å². The molecule has 0 radical (unpaired) electrons. The molecular weight excluding hydrogens is 310 g/mol. The normalized spacial score (nSPS) is 25.0. The number of pyridine rings is 1. The van der Waals surface area contributed by atoms with Crippen LogP contribution in [0.25, 0.3) is 21.9 Å². The second-order valence-electron chi connectivity index (χ2n) is 6.07. The molecule has 23 heavy (non-hydrogen) atoms. The number of hydrogen-bond acceptors (Lipinski definition) is 4. The van der Waals surface area contributed by atoms with Gasteiger partial charge in [0.2, 0.25) is 11.4 Å². The molecule has 3 aromatic rings. The number of amides is 2. The first-order valence-corrected chi connectivity index (χ1v) is 10.1. The van der Waals surface area contributed by atoms with Crippen molar-refractivity contribution in [2.75, 3.05) is 0 Å². The lowest BCUT2D eigenvalue weighted by Gasteiger charge is -2.31. The molecule has 3 heterocycles. The van der Waals surface area contributed by atoms with Crippen molar-refractivity contribution in [3.63, 3.8) is 0 Å². The van der Waals surface area contributed by atoms with Gasteiger partial charge in [-0.05, 0) is 24.7 Å². The highest BCUT2D eigenvalue weighted by atomic mass is 28.4. The summed E-state index contributed by atoms with van der Waals surface area (Å²) in [5.74, 6) is -0.387. The van der Waals surface area contributed by atoms with Crippen molar-refractivity contribution in [2.24, 2.45) is 0 Å². The second-order valence-corrected chi connectivity index (χ2v) is 9.48. The Labute approximate surface area is 132 Å². The Morgan fingerprint density at radius 1 is 1.22 bits per heavy atom. The smallest absolute Gasteiger partial charge is 0.289 e. The van der Waals surface area contributed by atoms with Crippen LogP contribution in [0.5, 0.6) is 0 Å². The predicted molar refractivity (Wildman–Crippen MR) is 88.5 cm³/mol. The highest BCUT2D eigenvalue weighted by Crippen LogP contribution is 2.34. The zero-order valence-electron chi connectivity index (χ0n) is 12.5. The van der Waals surface area contributed by atoms with Gasteiger partial charge in [0.05, 0.1) is 5.52 Å². The summed E-state index contributed by atoms with van der Waals surface area (Å²) < 4.78 is 1.84. The van der Waals surface area contributed by atoms with Crippen LogP contribution >= 0.6 is 0 Å². The van der Waals surface area contributed by atoms with E-state index >= 15 is 0 Å². The summed E-state index contributed by atoms with van der Waals surface area (Å²) in [4.78, 5) is 39.1. The molecule has 2 atom stereocenters. The van der Waals surface area contributed by atoms with E-state index in [4.69, 9.17) is 0 Å². The number of para-hydroxylation sites is 1. The van der Waals surface area contributed by atoms with Crippen LogP contribution in [0.3, 0.4) is 0 Å². The Balaban J connectivity index is 2.00. The Kier molecular flexibility index (Phi) is 2.91. The molecule has 0 saturated carbocycles. The molecule has 2 amide bonds. The number of carbonyl (C=O) groups is 2. The predicted octanol–water partition coefficient (Wildman–Crippen LogP) is 2.13. The number of nitrogens with one attached hydrogen (secondary N) is 1. The molecule has 1 aliphatic heterocycles. The molecule has 1 aromatic carbocycles. The fourth-order valence-electron chi connectivity index (χ4n) is 3.24. The van der Waals surface area contributed by atoms with E-state index in [9.17, 15) is 14.4 Å². The Hall–Kier alpha value is -2.51. The summed E-state index contributed by atoms with van der Waals surface area (Å²) >= 11 is 0. The van der Waals surface area contributed by atoms with Gasteiger partial charge in [0, 0.05) is 23.0 Å². The average molecular weight is 325 g/mol. The summed E-state index contributed by atoms with van der Waals surface area (Å²) in [7, 11) is -3.15. The first-order chi connectivity index (χ1) is 11.0. The number of aromatic nitrogens is 2. The van der Waals surface area contributed by atoms with E-state index in [1.165, 1.54) is 0 Å². The summed E-state index contributed by atoms with van der Waals surface area (Å²) in [6.07, 6.45) is 1.68. The van der Waals surface area contributed by atoms with Crippen molar-refractivity contribution in [1.29, 1.82) is 0 Å². The number of fused-ring (bicyclic) bond motifs is 3. The standard InChI is InChI=1S/C16H15N3O3Si/c1-23(22)9-13(15(20)18-16(23)21)19-12-7-3-2-5-10(12)11-6-4-8-17-14(11)19/h2-8,13,22H,9H2,1H3,(H,18,20,21). The second kappa shape index (κ2) is 4.74. The van der Waals surface area contributed by atoms with Gasteiger partial charge in [0.25, 0.3) is 8.32 Å². The van der Waals surface area contributed by atoms with E-state index in [-0.39, 0.29) is 12.0 Å². The van der Waals surface area contributed by atoms with Crippen LogP contribution in [0.4, 0.5) is 4.79 Å². The lowest BCUT2D eigenvalue weighted by molar-refractivity contribution is -0.122. The van der Waals surface area contributed by atoms with Gasteiger partial charge < -0.3 is 9.36 Å². The Morgan fingerprint density at radius 3 is 2.78 bits per heavy atom. The number of nitrogens with zero attached hydrogens (tertiary/aromatic N) is 2. The molecule has 1 saturated heterocycles. The SMILES string of the molecule is C[Si]1(O)CC(n2c3ccccc3c3cccnc32)C(=O)NC1=O. The summed E-state index contributed by atoms with van der Waals surface area (Å²) in [6, 6.07) is 11.1. The Morgan fingerprint density at radius 2 is 1.96 bits per heavy atom. The van der Waals surface area contributed by atoms with Crippen molar-refractivity contribution in [3.05, 3.63) is 42.6 Å². The number of rotatable bonds is 1. The van der Waals surface area contributed by atoms with Gasteiger partial charge >= 0.3 is 0 Å². The van der Waals surface area contributed by atoms with Crippen molar-refractivity contribution in [3.8, 4) is 0 Å². The molecule has 2 unspecified atom stereocenters. The first-order valence-electron chi connectivity index (χ1n) is 7.40. The molecule has 7 heteroatoms. The molecule has 116 valence electrons. The summed E-state index contributed by atoms with van der Waals surface area (Å²) in [5, 5.41) is 4.28. The van der Waals surface area contributed by atoms with Crippen molar-refractivity contribution < 1.29 is 14.4 Å². The van der Waals surface area contributed by atoms with Gasteiger partial charge in [-0.1, -0.05) is 18.2 Å². The number of benzene rings is 1. The van der Waals surface area contributed by atoms with E-state index in [0.717, 1.165) is 16.3 Å². The minimum absolute atomic E-state index is 0.155. The van der Waals surface area contributed by atoms with E-state index in [1.54, 1.807) is 12.7 Å². The van der Waals surface area contributed by atoms with Crippen LogP contribution in [0.1, 0.15) is 6.04 Å². The van der Waals surface area contributed by atoms with Gasteiger partial charge in [-0.15, -0.1) is 0 Å². The van der Waals surface area contributed by atoms with Gasteiger partial charge in [-0.2, -0.15) is 0 Å².